The summed E-state index contributed by atoms with van der Waals surface area (Å²) in [6.45, 7) is 5.48. The van der Waals surface area contributed by atoms with Gasteiger partial charge in [-0.15, -0.1) is 0 Å². The maximum Gasteiger partial charge on any atom is 0.342 e. The van der Waals surface area contributed by atoms with Crippen LogP contribution in [0.1, 0.15) is 81.1 Å². The van der Waals surface area contributed by atoms with Crippen molar-refractivity contribution in [3.05, 3.63) is 102 Å². The smallest absolute Gasteiger partial charge is 0.342 e. The number of nitrogens with one attached hydrogen (secondary N) is 1. The highest BCUT2D eigenvalue weighted by atomic mass is 16.5. The highest BCUT2D eigenvalue weighted by molar-refractivity contribution is 5.93. The van der Waals surface area contributed by atoms with Gasteiger partial charge in [-0.2, -0.15) is 0 Å². The van der Waals surface area contributed by atoms with Gasteiger partial charge >= 0.3 is 11.9 Å². The van der Waals surface area contributed by atoms with Crippen molar-refractivity contribution in [2.75, 3.05) is 13.2 Å². The van der Waals surface area contributed by atoms with E-state index >= 15 is 0 Å². The summed E-state index contributed by atoms with van der Waals surface area (Å²) in [4.78, 5) is 35.6. The number of esters is 2. The summed E-state index contributed by atoms with van der Waals surface area (Å²) in [5.74, 6) is -1.06. The molecule has 1 amide bonds. The highest BCUT2D eigenvalue weighted by Gasteiger charge is 2.15. The Bertz CT molecular complexity index is 1080. The molecular weight excluding hydrogens is 502 g/mol. The monoisotopic (exact) mass is 547 g/mol. The van der Waals surface area contributed by atoms with Crippen molar-refractivity contribution in [3.63, 3.8) is 0 Å². The molecule has 0 bridgehead atoms. The van der Waals surface area contributed by atoms with Crippen LogP contribution in [-0.2, 0) is 14.3 Å². The van der Waals surface area contributed by atoms with Crippen molar-refractivity contribution in [1.82, 2.24) is 5.32 Å². The minimum atomic E-state index is -0.608. The van der Waals surface area contributed by atoms with E-state index in [1.54, 1.807) is 18.2 Å². The third-order valence-corrected chi connectivity index (χ3v) is 5.40. The Hall–Kier alpha value is -3.93. The van der Waals surface area contributed by atoms with Crippen molar-refractivity contribution in [1.29, 1.82) is 0 Å². The lowest BCUT2D eigenvalue weighted by Crippen LogP contribution is -2.27. The number of amides is 1. The van der Waals surface area contributed by atoms with Crippen LogP contribution in [0.25, 0.3) is 0 Å². The molecule has 0 heterocycles. The zero-order valence-electron chi connectivity index (χ0n) is 24.3. The first-order chi connectivity index (χ1) is 19.4. The number of benzene rings is 1. The van der Waals surface area contributed by atoms with E-state index in [2.05, 4.69) is 73.0 Å². The second-order valence-corrected chi connectivity index (χ2v) is 9.03. The van der Waals surface area contributed by atoms with Crippen LogP contribution in [0.3, 0.4) is 0 Å². The molecule has 0 atom stereocenters. The summed E-state index contributed by atoms with van der Waals surface area (Å²) in [6.07, 6.45) is 32.6. The molecule has 216 valence electrons. The van der Waals surface area contributed by atoms with E-state index in [0.717, 1.165) is 44.1 Å². The summed E-state index contributed by atoms with van der Waals surface area (Å²) < 4.78 is 10.3. The molecule has 0 aliphatic heterocycles. The summed E-state index contributed by atoms with van der Waals surface area (Å²) in [5, 5.41) is 2.74. The molecule has 1 aromatic rings. The molecule has 40 heavy (non-hydrogen) atoms. The van der Waals surface area contributed by atoms with E-state index in [9.17, 15) is 14.4 Å². The van der Waals surface area contributed by atoms with Gasteiger partial charge in [-0.1, -0.05) is 85.9 Å². The number of hydrogen-bond donors (Lipinski definition) is 1. The van der Waals surface area contributed by atoms with Gasteiger partial charge in [0, 0.05) is 13.3 Å². The number of carbonyl (C=O) groups is 3. The first kappa shape index (κ1) is 34.1. The van der Waals surface area contributed by atoms with Crippen LogP contribution in [0.2, 0.25) is 0 Å². The number of ether oxygens (including phenoxy) is 2. The SMILES string of the molecule is CC/C=C\C/C=C\C/C=C\C/C=C\C/C=C\C/C=C\CCC(=O)NCCOC(=O)c1ccc(C)cc1OC(C)=O. The second-order valence-electron chi connectivity index (χ2n) is 9.03. The Morgan fingerprint density at radius 2 is 1.30 bits per heavy atom. The zero-order chi connectivity index (χ0) is 29.3. The van der Waals surface area contributed by atoms with E-state index in [1.807, 2.05) is 19.1 Å². The molecule has 0 spiro atoms. The van der Waals surface area contributed by atoms with E-state index in [-0.39, 0.29) is 30.4 Å². The van der Waals surface area contributed by atoms with Crippen LogP contribution in [0.4, 0.5) is 0 Å². The topological polar surface area (TPSA) is 81.7 Å². The predicted molar refractivity (Wildman–Crippen MR) is 163 cm³/mol. The number of rotatable bonds is 19. The molecule has 0 saturated heterocycles. The fourth-order valence-electron chi connectivity index (χ4n) is 3.39. The minimum Gasteiger partial charge on any atom is -0.460 e. The van der Waals surface area contributed by atoms with E-state index in [0.29, 0.717) is 12.8 Å². The van der Waals surface area contributed by atoms with Crippen LogP contribution in [-0.4, -0.2) is 31.0 Å². The molecule has 0 aliphatic carbocycles. The largest absolute Gasteiger partial charge is 0.460 e. The Balaban J connectivity index is 2.10. The fourth-order valence-corrected chi connectivity index (χ4v) is 3.39. The number of carbonyl (C=O) groups excluding carboxylic acids is 3. The van der Waals surface area contributed by atoms with Gasteiger partial charge in [-0.25, -0.2) is 4.79 Å². The molecule has 6 heteroatoms. The zero-order valence-corrected chi connectivity index (χ0v) is 24.3. The quantitative estimate of drug-likeness (QED) is 0.0832. The van der Waals surface area contributed by atoms with Gasteiger partial charge in [-0.05, 0) is 69.6 Å². The van der Waals surface area contributed by atoms with Gasteiger partial charge in [0.15, 0.2) is 0 Å². The van der Waals surface area contributed by atoms with E-state index < -0.39 is 11.9 Å². The van der Waals surface area contributed by atoms with Gasteiger partial charge in [0.2, 0.25) is 5.91 Å². The van der Waals surface area contributed by atoms with Crippen molar-refractivity contribution in [2.45, 2.75) is 72.1 Å². The number of aryl methyl sites for hydroxylation is 1. The van der Waals surface area contributed by atoms with Crippen LogP contribution in [0.5, 0.6) is 5.75 Å². The lowest BCUT2D eigenvalue weighted by atomic mass is 10.1. The molecule has 1 aromatic carbocycles. The molecule has 0 fully saturated rings. The van der Waals surface area contributed by atoms with Gasteiger partial charge < -0.3 is 14.8 Å². The Morgan fingerprint density at radius 1 is 0.775 bits per heavy atom. The van der Waals surface area contributed by atoms with Crippen molar-refractivity contribution in [3.8, 4) is 5.75 Å². The summed E-state index contributed by atoms with van der Waals surface area (Å²) in [6, 6.07) is 4.90. The van der Waals surface area contributed by atoms with Gasteiger partial charge in [0.05, 0.1) is 6.54 Å². The second kappa shape index (κ2) is 23.0. The summed E-state index contributed by atoms with van der Waals surface area (Å²) in [7, 11) is 0. The molecule has 1 rings (SSSR count). The third kappa shape index (κ3) is 18.3. The molecular formula is C34H45NO5. The molecule has 0 aliphatic rings. The van der Waals surface area contributed by atoms with E-state index in [1.165, 1.54) is 6.92 Å². The Morgan fingerprint density at radius 3 is 1.82 bits per heavy atom. The molecule has 1 N–H and O–H groups in total. The molecule has 0 unspecified atom stereocenters. The van der Waals surface area contributed by atoms with Gasteiger partial charge in [0.1, 0.15) is 17.9 Å². The van der Waals surface area contributed by atoms with E-state index in [4.69, 9.17) is 9.47 Å². The minimum absolute atomic E-state index is 0.0257. The first-order valence-electron chi connectivity index (χ1n) is 14.1. The van der Waals surface area contributed by atoms with Crippen molar-refractivity contribution < 1.29 is 23.9 Å². The van der Waals surface area contributed by atoms with Gasteiger partial charge in [0.25, 0.3) is 0 Å². The lowest BCUT2D eigenvalue weighted by Gasteiger charge is -2.10. The number of allylic oxidation sites excluding steroid dienone is 12. The molecule has 0 radical (unpaired) electrons. The summed E-state index contributed by atoms with van der Waals surface area (Å²) in [5.41, 5.74) is 1.02. The molecule has 0 aromatic heterocycles. The standard InChI is InChI=1S/C34H45NO5/c1-4-5-6-7-8-9-10-11-12-13-14-15-16-17-18-19-20-21-22-23-33(37)35-26-27-39-34(38)31-25-24-29(2)28-32(31)40-30(3)36/h5-6,8-9,11-12,14-15,17-18,20-21,24-25,28H,4,7,10,13,16,19,22-23,26-27H2,1-3H3,(H,35,37)/b6-5-,9-8-,12-11-,15-14-,18-17-,21-20-. The fraction of sp³-hybridized carbons (Fsp3) is 0.382. The van der Waals surface area contributed by atoms with Crippen LogP contribution < -0.4 is 10.1 Å². The Labute approximate surface area is 240 Å². The number of hydrogen-bond acceptors (Lipinski definition) is 5. The predicted octanol–water partition coefficient (Wildman–Crippen LogP) is 7.67. The van der Waals surface area contributed by atoms with Crippen LogP contribution >= 0.6 is 0 Å². The maximum absolute atomic E-state index is 12.3. The maximum atomic E-state index is 12.3. The molecule has 0 saturated carbocycles. The van der Waals surface area contributed by atoms with Gasteiger partial charge in [-0.3, -0.25) is 9.59 Å². The van der Waals surface area contributed by atoms with Crippen molar-refractivity contribution >= 4 is 17.8 Å². The normalized spacial score (nSPS) is 12.1. The first-order valence-corrected chi connectivity index (χ1v) is 14.1. The Kier molecular flexibility index (Phi) is 19.6. The van der Waals surface area contributed by atoms with Crippen molar-refractivity contribution in [2.24, 2.45) is 0 Å². The summed E-state index contributed by atoms with van der Waals surface area (Å²) >= 11 is 0. The molecule has 6 nitrogen and oxygen atoms in total. The average molecular weight is 548 g/mol. The average Bonchev–Trinajstić information content (AvgIpc) is 2.92. The van der Waals surface area contributed by atoms with Crippen LogP contribution in [0, 0.1) is 6.92 Å². The van der Waals surface area contributed by atoms with Crippen LogP contribution in [0.15, 0.2) is 91.1 Å². The highest BCUT2D eigenvalue weighted by Crippen LogP contribution is 2.21. The lowest BCUT2D eigenvalue weighted by molar-refractivity contribution is -0.132. The third-order valence-electron chi connectivity index (χ3n) is 5.40.